The van der Waals surface area contributed by atoms with Crippen molar-refractivity contribution in [3.8, 4) is 0 Å². The van der Waals surface area contributed by atoms with Gasteiger partial charge in [-0.05, 0) is 28.8 Å². The predicted octanol–water partition coefficient (Wildman–Crippen LogP) is 6.10. The molecule has 2 unspecified atom stereocenters. The fourth-order valence-electron chi connectivity index (χ4n) is 2.92. The Morgan fingerprint density at radius 2 is 1.23 bits per heavy atom. The number of hydrogen-bond donors (Lipinski definition) is 0. The maximum atomic E-state index is 13.2. The zero-order chi connectivity index (χ0) is 16.0. The Labute approximate surface area is 134 Å². The first kappa shape index (κ1) is 16.8. The molecular formula is C20H25OP. The van der Waals surface area contributed by atoms with Crippen LogP contribution in [-0.2, 0) is 4.57 Å². The minimum Gasteiger partial charge on any atom is -0.319 e. The highest BCUT2D eigenvalue weighted by molar-refractivity contribution is 7.67. The normalized spacial score (nSPS) is 16.5. The van der Waals surface area contributed by atoms with Gasteiger partial charge in [0.1, 0.15) is 7.14 Å². The van der Waals surface area contributed by atoms with Crippen molar-refractivity contribution in [1.82, 2.24) is 0 Å². The van der Waals surface area contributed by atoms with Gasteiger partial charge in [0.15, 0.2) is 0 Å². The van der Waals surface area contributed by atoms with E-state index >= 15 is 0 Å². The van der Waals surface area contributed by atoms with Crippen LogP contribution in [0.15, 0.2) is 73.1 Å². The van der Waals surface area contributed by atoms with Gasteiger partial charge in [0.05, 0.1) is 0 Å². The second kappa shape index (κ2) is 7.61. The Bertz CT molecular complexity index is 582. The van der Waals surface area contributed by atoms with Crippen molar-refractivity contribution in [2.24, 2.45) is 0 Å². The Morgan fingerprint density at radius 3 is 1.55 bits per heavy atom. The van der Waals surface area contributed by atoms with Crippen LogP contribution in [0.3, 0.4) is 0 Å². The molecule has 0 aliphatic rings. The van der Waals surface area contributed by atoms with Gasteiger partial charge in [-0.3, -0.25) is 0 Å². The number of benzene rings is 2. The highest BCUT2D eigenvalue weighted by Crippen LogP contribution is 2.52. The summed E-state index contributed by atoms with van der Waals surface area (Å²) in [6.45, 7) is 8.17. The van der Waals surface area contributed by atoms with Crippen molar-refractivity contribution in [3.63, 3.8) is 0 Å². The van der Waals surface area contributed by atoms with Gasteiger partial charge in [0.2, 0.25) is 0 Å². The van der Waals surface area contributed by atoms with Gasteiger partial charge in [-0.2, -0.15) is 0 Å². The van der Waals surface area contributed by atoms with Gasteiger partial charge in [-0.15, -0.1) is 0 Å². The lowest BCUT2D eigenvalue weighted by molar-refractivity contribution is 0.573. The van der Waals surface area contributed by atoms with Crippen molar-refractivity contribution >= 4 is 7.14 Å². The standard InChI is InChI=1S/C20H25OP/c1-4-22(21,15-17(2)19-11-7-5-8-12-19)16-18(3)20-13-9-6-10-14-20/h4-14,17-18H,1,15-16H2,2-3H3. The summed E-state index contributed by atoms with van der Waals surface area (Å²) in [7, 11) is -2.38. The maximum Gasteiger partial charge on any atom is 0.109 e. The molecule has 0 bridgehead atoms. The van der Waals surface area contributed by atoms with Gasteiger partial charge in [0.25, 0.3) is 0 Å². The molecule has 0 aromatic heterocycles. The molecule has 0 saturated carbocycles. The summed E-state index contributed by atoms with van der Waals surface area (Å²) in [6, 6.07) is 20.6. The van der Waals surface area contributed by atoms with Crippen LogP contribution >= 0.6 is 7.14 Å². The highest BCUT2D eigenvalue weighted by atomic mass is 31.2. The number of rotatable bonds is 7. The van der Waals surface area contributed by atoms with E-state index in [-0.39, 0.29) is 11.8 Å². The summed E-state index contributed by atoms with van der Waals surface area (Å²) < 4.78 is 13.2. The van der Waals surface area contributed by atoms with E-state index in [1.54, 1.807) is 5.82 Å². The van der Waals surface area contributed by atoms with Crippen LogP contribution in [0.25, 0.3) is 0 Å². The van der Waals surface area contributed by atoms with E-state index in [0.29, 0.717) is 12.3 Å². The summed E-state index contributed by atoms with van der Waals surface area (Å²) in [5, 5.41) is 0. The summed E-state index contributed by atoms with van der Waals surface area (Å²) >= 11 is 0. The van der Waals surface area contributed by atoms with E-state index in [1.807, 2.05) is 36.4 Å². The third-order valence-electron chi connectivity index (χ3n) is 4.24. The Morgan fingerprint density at radius 1 is 0.864 bits per heavy atom. The molecule has 22 heavy (non-hydrogen) atoms. The van der Waals surface area contributed by atoms with Crippen molar-refractivity contribution in [2.45, 2.75) is 25.7 Å². The lowest BCUT2D eigenvalue weighted by Gasteiger charge is -2.22. The van der Waals surface area contributed by atoms with E-state index in [4.69, 9.17) is 0 Å². The first-order valence-electron chi connectivity index (χ1n) is 7.85. The molecule has 0 heterocycles. The first-order valence-corrected chi connectivity index (χ1v) is 10.00. The minimum atomic E-state index is -2.38. The molecular weight excluding hydrogens is 287 g/mol. The molecule has 116 valence electrons. The van der Waals surface area contributed by atoms with E-state index in [2.05, 4.69) is 44.7 Å². The molecule has 0 aliphatic carbocycles. The molecule has 2 heteroatoms. The summed E-state index contributed by atoms with van der Waals surface area (Å²) in [5.74, 6) is 2.28. The molecule has 0 fully saturated rings. The van der Waals surface area contributed by atoms with Crippen LogP contribution in [0.1, 0.15) is 36.8 Å². The van der Waals surface area contributed by atoms with Crippen molar-refractivity contribution in [2.75, 3.05) is 12.3 Å². The van der Waals surface area contributed by atoms with E-state index < -0.39 is 7.14 Å². The van der Waals surface area contributed by atoms with Gasteiger partial charge < -0.3 is 4.57 Å². The van der Waals surface area contributed by atoms with Crippen molar-refractivity contribution < 1.29 is 4.57 Å². The first-order chi connectivity index (χ1) is 10.5. The molecule has 2 rings (SSSR count). The largest absolute Gasteiger partial charge is 0.319 e. The smallest absolute Gasteiger partial charge is 0.109 e. The van der Waals surface area contributed by atoms with E-state index in [0.717, 1.165) is 0 Å². The molecule has 2 aromatic carbocycles. The topological polar surface area (TPSA) is 17.1 Å². The van der Waals surface area contributed by atoms with Gasteiger partial charge in [-0.1, -0.05) is 81.1 Å². The molecule has 0 spiro atoms. The Hall–Kier alpha value is -1.59. The van der Waals surface area contributed by atoms with E-state index in [9.17, 15) is 4.57 Å². The van der Waals surface area contributed by atoms with Crippen molar-refractivity contribution in [1.29, 1.82) is 0 Å². The zero-order valence-electron chi connectivity index (χ0n) is 13.5. The molecule has 0 amide bonds. The molecule has 2 aromatic rings. The number of hydrogen-bond acceptors (Lipinski definition) is 1. The lowest BCUT2D eigenvalue weighted by atomic mass is 10.0. The monoisotopic (exact) mass is 312 g/mol. The fraction of sp³-hybridized carbons (Fsp3) is 0.300. The molecule has 0 aliphatic heterocycles. The minimum absolute atomic E-state index is 0.285. The van der Waals surface area contributed by atoms with Crippen LogP contribution in [0.5, 0.6) is 0 Å². The van der Waals surface area contributed by atoms with Gasteiger partial charge in [-0.25, -0.2) is 0 Å². The molecule has 0 radical (unpaired) electrons. The molecule has 1 nitrogen and oxygen atoms in total. The van der Waals surface area contributed by atoms with Crippen LogP contribution in [0.4, 0.5) is 0 Å². The SMILES string of the molecule is C=CP(=O)(CC(C)c1ccccc1)CC(C)c1ccccc1. The average Bonchev–Trinajstić information content (AvgIpc) is 2.56. The van der Waals surface area contributed by atoms with Gasteiger partial charge >= 0.3 is 0 Å². The summed E-state index contributed by atoms with van der Waals surface area (Å²) in [4.78, 5) is 0. The van der Waals surface area contributed by atoms with E-state index in [1.165, 1.54) is 11.1 Å². The lowest BCUT2D eigenvalue weighted by Crippen LogP contribution is -2.07. The maximum absolute atomic E-state index is 13.2. The predicted molar refractivity (Wildman–Crippen MR) is 97.3 cm³/mol. The van der Waals surface area contributed by atoms with Crippen LogP contribution in [-0.4, -0.2) is 12.3 Å². The van der Waals surface area contributed by atoms with Crippen LogP contribution in [0, 0.1) is 0 Å². The van der Waals surface area contributed by atoms with Crippen molar-refractivity contribution in [3.05, 3.63) is 84.2 Å². The highest BCUT2D eigenvalue weighted by Gasteiger charge is 2.25. The second-order valence-corrected chi connectivity index (χ2v) is 9.12. The van der Waals surface area contributed by atoms with Crippen LogP contribution in [0.2, 0.25) is 0 Å². The Balaban J connectivity index is 2.09. The third kappa shape index (κ3) is 4.45. The summed E-state index contributed by atoms with van der Waals surface area (Å²) in [5.41, 5.74) is 2.49. The Kier molecular flexibility index (Phi) is 5.80. The average molecular weight is 312 g/mol. The van der Waals surface area contributed by atoms with Gasteiger partial charge in [0, 0.05) is 12.3 Å². The molecule has 2 atom stereocenters. The third-order valence-corrected chi connectivity index (χ3v) is 7.23. The second-order valence-electron chi connectivity index (χ2n) is 6.12. The molecule has 0 saturated heterocycles. The molecule has 0 N–H and O–H groups in total. The quantitative estimate of drug-likeness (QED) is 0.564. The summed E-state index contributed by atoms with van der Waals surface area (Å²) in [6.07, 6.45) is 1.38. The van der Waals surface area contributed by atoms with Crippen LogP contribution < -0.4 is 0 Å². The fourth-order valence-corrected chi connectivity index (χ4v) is 5.65. The zero-order valence-corrected chi connectivity index (χ0v) is 14.4.